The van der Waals surface area contributed by atoms with Crippen LogP contribution in [0.5, 0.6) is 5.75 Å². The van der Waals surface area contributed by atoms with Gasteiger partial charge < -0.3 is 10.0 Å². The van der Waals surface area contributed by atoms with Gasteiger partial charge >= 0.3 is 0 Å². The van der Waals surface area contributed by atoms with E-state index in [1.807, 2.05) is 36.4 Å². The summed E-state index contributed by atoms with van der Waals surface area (Å²) in [7, 11) is 0. The maximum Gasteiger partial charge on any atom is 0.115 e. The second-order valence-electron chi connectivity index (χ2n) is 4.34. The van der Waals surface area contributed by atoms with Gasteiger partial charge in [-0.2, -0.15) is 5.26 Å². The van der Waals surface area contributed by atoms with E-state index in [0.717, 1.165) is 24.3 Å². The minimum absolute atomic E-state index is 0.283. The van der Waals surface area contributed by atoms with Crippen molar-refractivity contribution in [2.24, 2.45) is 0 Å². The fraction of sp³-hybridized carbons (Fsp3) is 0.188. The summed E-state index contributed by atoms with van der Waals surface area (Å²) in [6.45, 7) is 3.76. The van der Waals surface area contributed by atoms with E-state index in [9.17, 15) is 5.11 Å². The Hall–Kier alpha value is -2.47. The van der Waals surface area contributed by atoms with E-state index >= 15 is 0 Å². The van der Waals surface area contributed by atoms with E-state index in [4.69, 9.17) is 5.26 Å². The molecule has 0 heterocycles. The molecule has 0 unspecified atom stereocenters. The molecule has 2 aromatic carbocycles. The molecular formula is C16H16N2O. The molecule has 0 aliphatic heterocycles. The van der Waals surface area contributed by atoms with E-state index in [1.54, 1.807) is 12.1 Å². The largest absolute Gasteiger partial charge is 0.508 e. The molecule has 0 aliphatic carbocycles. The molecule has 0 aliphatic rings. The van der Waals surface area contributed by atoms with E-state index < -0.39 is 0 Å². The highest BCUT2D eigenvalue weighted by Crippen LogP contribution is 2.19. The van der Waals surface area contributed by atoms with Crippen LogP contribution in [-0.2, 0) is 6.54 Å². The van der Waals surface area contributed by atoms with Crippen molar-refractivity contribution in [3.63, 3.8) is 0 Å². The summed E-state index contributed by atoms with van der Waals surface area (Å²) in [4.78, 5) is 2.22. The maximum atomic E-state index is 9.28. The van der Waals surface area contributed by atoms with Gasteiger partial charge in [0.2, 0.25) is 0 Å². The molecule has 0 saturated carbocycles. The molecule has 96 valence electrons. The van der Waals surface area contributed by atoms with Crippen LogP contribution in [0, 0.1) is 11.3 Å². The Bertz CT molecular complexity index is 567. The lowest BCUT2D eigenvalue weighted by atomic mass is 10.1. The molecule has 0 atom stereocenters. The van der Waals surface area contributed by atoms with Gasteiger partial charge in [0, 0.05) is 18.8 Å². The van der Waals surface area contributed by atoms with Crippen molar-refractivity contribution in [1.82, 2.24) is 0 Å². The van der Waals surface area contributed by atoms with Crippen LogP contribution >= 0.6 is 0 Å². The topological polar surface area (TPSA) is 47.3 Å². The quantitative estimate of drug-likeness (QED) is 0.908. The summed E-state index contributed by atoms with van der Waals surface area (Å²) < 4.78 is 0. The zero-order chi connectivity index (χ0) is 13.7. The Labute approximate surface area is 113 Å². The predicted molar refractivity (Wildman–Crippen MR) is 76.0 cm³/mol. The second-order valence-corrected chi connectivity index (χ2v) is 4.34. The van der Waals surface area contributed by atoms with Crippen molar-refractivity contribution in [1.29, 1.82) is 5.26 Å². The van der Waals surface area contributed by atoms with Crippen LogP contribution in [0.4, 0.5) is 5.69 Å². The number of hydrogen-bond donors (Lipinski definition) is 1. The maximum absolute atomic E-state index is 9.28. The van der Waals surface area contributed by atoms with E-state index in [0.29, 0.717) is 5.56 Å². The summed E-state index contributed by atoms with van der Waals surface area (Å²) in [6, 6.07) is 16.9. The van der Waals surface area contributed by atoms with Gasteiger partial charge in [0.15, 0.2) is 0 Å². The van der Waals surface area contributed by atoms with Gasteiger partial charge in [-0.05, 0) is 48.9 Å². The van der Waals surface area contributed by atoms with Crippen molar-refractivity contribution in [3.05, 3.63) is 59.7 Å². The number of aromatic hydroxyl groups is 1. The normalized spacial score (nSPS) is 9.89. The van der Waals surface area contributed by atoms with Gasteiger partial charge in [0.05, 0.1) is 11.6 Å². The molecule has 3 heteroatoms. The fourth-order valence-corrected chi connectivity index (χ4v) is 1.95. The molecule has 0 amide bonds. The van der Waals surface area contributed by atoms with Crippen molar-refractivity contribution in [3.8, 4) is 11.8 Å². The lowest BCUT2D eigenvalue weighted by Gasteiger charge is -2.23. The third-order valence-corrected chi connectivity index (χ3v) is 3.05. The van der Waals surface area contributed by atoms with Crippen LogP contribution in [0.25, 0.3) is 0 Å². The number of benzene rings is 2. The third kappa shape index (κ3) is 3.26. The van der Waals surface area contributed by atoms with Crippen molar-refractivity contribution < 1.29 is 5.11 Å². The minimum atomic E-state index is 0.283. The summed E-state index contributed by atoms with van der Waals surface area (Å²) in [5.41, 5.74) is 2.91. The average molecular weight is 252 g/mol. The average Bonchev–Trinajstić information content (AvgIpc) is 2.47. The van der Waals surface area contributed by atoms with Crippen LogP contribution in [-0.4, -0.2) is 11.7 Å². The van der Waals surface area contributed by atoms with E-state index in [-0.39, 0.29) is 5.75 Å². The highest BCUT2D eigenvalue weighted by molar-refractivity contribution is 5.50. The van der Waals surface area contributed by atoms with Gasteiger partial charge in [-0.1, -0.05) is 12.1 Å². The first kappa shape index (κ1) is 13.0. The zero-order valence-electron chi connectivity index (χ0n) is 10.9. The van der Waals surface area contributed by atoms with Gasteiger partial charge in [0.1, 0.15) is 5.75 Å². The second kappa shape index (κ2) is 5.92. The zero-order valence-corrected chi connectivity index (χ0v) is 10.9. The molecular weight excluding hydrogens is 236 g/mol. The number of rotatable bonds is 4. The van der Waals surface area contributed by atoms with Gasteiger partial charge in [-0.25, -0.2) is 0 Å². The predicted octanol–water partition coefficient (Wildman–Crippen LogP) is 3.29. The summed E-state index contributed by atoms with van der Waals surface area (Å²) in [6.07, 6.45) is 0. The molecule has 0 fully saturated rings. The molecule has 0 saturated heterocycles. The fourth-order valence-electron chi connectivity index (χ4n) is 1.95. The smallest absolute Gasteiger partial charge is 0.115 e. The molecule has 1 N–H and O–H groups in total. The van der Waals surface area contributed by atoms with Crippen LogP contribution in [0.15, 0.2) is 48.5 Å². The third-order valence-electron chi connectivity index (χ3n) is 3.05. The highest BCUT2D eigenvalue weighted by atomic mass is 16.3. The number of hydrogen-bond acceptors (Lipinski definition) is 3. The first-order valence-corrected chi connectivity index (χ1v) is 6.26. The molecule has 2 aromatic rings. The van der Waals surface area contributed by atoms with Gasteiger partial charge in [-0.15, -0.1) is 0 Å². The van der Waals surface area contributed by atoms with E-state index in [2.05, 4.69) is 17.9 Å². The summed E-state index contributed by atoms with van der Waals surface area (Å²) in [5, 5.41) is 18.1. The number of phenols is 1. The molecule has 19 heavy (non-hydrogen) atoms. The van der Waals surface area contributed by atoms with Crippen LogP contribution in [0.2, 0.25) is 0 Å². The Balaban J connectivity index is 2.15. The standard InChI is InChI=1S/C16H16N2O/c1-2-18(12-14-5-9-16(19)10-6-14)15-7-3-13(11-17)4-8-15/h3-10,19H,2,12H2,1H3. The molecule has 2 rings (SSSR count). The van der Waals surface area contributed by atoms with Gasteiger partial charge in [0.25, 0.3) is 0 Å². The SMILES string of the molecule is CCN(Cc1ccc(O)cc1)c1ccc(C#N)cc1. The van der Waals surface area contributed by atoms with Gasteiger partial charge in [-0.3, -0.25) is 0 Å². The molecule has 0 spiro atoms. The van der Waals surface area contributed by atoms with Crippen LogP contribution < -0.4 is 4.90 Å². The number of nitriles is 1. The Morgan fingerprint density at radius 1 is 1.05 bits per heavy atom. The van der Waals surface area contributed by atoms with Crippen LogP contribution in [0.3, 0.4) is 0 Å². The van der Waals surface area contributed by atoms with Crippen LogP contribution in [0.1, 0.15) is 18.1 Å². The number of anilines is 1. The molecule has 0 bridgehead atoms. The molecule has 0 aromatic heterocycles. The first-order chi connectivity index (χ1) is 9.22. The van der Waals surface area contributed by atoms with Crippen molar-refractivity contribution >= 4 is 5.69 Å². The Morgan fingerprint density at radius 2 is 1.68 bits per heavy atom. The van der Waals surface area contributed by atoms with E-state index in [1.165, 1.54) is 0 Å². The minimum Gasteiger partial charge on any atom is -0.508 e. The number of nitrogens with zero attached hydrogens (tertiary/aromatic N) is 2. The Kier molecular flexibility index (Phi) is 4.04. The van der Waals surface area contributed by atoms with Crippen molar-refractivity contribution in [2.75, 3.05) is 11.4 Å². The monoisotopic (exact) mass is 252 g/mol. The first-order valence-electron chi connectivity index (χ1n) is 6.26. The highest BCUT2D eigenvalue weighted by Gasteiger charge is 2.05. The summed E-state index contributed by atoms with van der Waals surface area (Å²) in [5.74, 6) is 0.283. The number of phenolic OH excluding ortho intramolecular Hbond substituents is 1. The molecule has 0 radical (unpaired) electrons. The summed E-state index contributed by atoms with van der Waals surface area (Å²) >= 11 is 0. The van der Waals surface area contributed by atoms with Crippen molar-refractivity contribution in [2.45, 2.75) is 13.5 Å². The molecule has 3 nitrogen and oxygen atoms in total. The lowest BCUT2D eigenvalue weighted by Crippen LogP contribution is -2.21. The Morgan fingerprint density at radius 3 is 2.21 bits per heavy atom. The lowest BCUT2D eigenvalue weighted by molar-refractivity contribution is 0.475.